The van der Waals surface area contributed by atoms with Gasteiger partial charge < -0.3 is 16.0 Å². The Kier molecular flexibility index (Phi) is 4.36. The van der Waals surface area contributed by atoms with E-state index in [1.165, 1.54) is 18.2 Å². The molecule has 4 aromatic rings. The van der Waals surface area contributed by atoms with Gasteiger partial charge in [-0.05, 0) is 30.3 Å². The number of aromatic nitrogens is 4. The molecule has 30 heavy (non-hydrogen) atoms. The average Bonchev–Trinajstić information content (AvgIpc) is 3.15. The van der Waals surface area contributed by atoms with Gasteiger partial charge in [0.1, 0.15) is 11.6 Å². The first-order chi connectivity index (χ1) is 14.6. The van der Waals surface area contributed by atoms with E-state index in [0.717, 1.165) is 24.5 Å². The maximum Gasteiger partial charge on any atom is 0.276 e. The highest BCUT2D eigenvalue weighted by molar-refractivity contribution is 6.11. The van der Waals surface area contributed by atoms with Crippen molar-refractivity contribution >= 4 is 28.3 Å². The van der Waals surface area contributed by atoms with Crippen molar-refractivity contribution in [2.24, 2.45) is 5.73 Å². The molecular formula is C21H18FN7O. The molecule has 0 atom stereocenters. The summed E-state index contributed by atoms with van der Waals surface area (Å²) in [4.78, 5) is 23.7. The summed E-state index contributed by atoms with van der Waals surface area (Å²) in [5, 5.41) is 10.3. The Morgan fingerprint density at radius 3 is 2.87 bits per heavy atom. The molecular weight excluding hydrogens is 385 g/mol. The summed E-state index contributed by atoms with van der Waals surface area (Å²) < 4.78 is 13.4. The second-order valence-electron chi connectivity index (χ2n) is 7.22. The molecule has 150 valence electrons. The molecule has 5 rings (SSSR count). The minimum atomic E-state index is -0.432. The SMILES string of the molecule is NC1CN(c2cncc(-c3ccc4[nH]nc(C(=O)Nc5cccc(F)c5)c4c3)n2)C1. The van der Waals surface area contributed by atoms with Crippen LogP contribution in [0.2, 0.25) is 0 Å². The van der Waals surface area contributed by atoms with Gasteiger partial charge in [-0.15, -0.1) is 0 Å². The number of nitrogens with zero attached hydrogens (tertiary/aromatic N) is 4. The van der Waals surface area contributed by atoms with Crippen molar-refractivity contribution in [2.75, 3.05) is 23.3 Å². The van der Waals surface area contributed by atoms with Crippen LogP contribution in [0.3, 0.4) is 0 Å². The summed E-state index contributed by atoms with van der Waals surface area (Å²) in [6.45, 7) is 1.51. The van der Waals surface area contributed by atoms with Gasteiger partial charge in [0.15, 0.2) is 5.69 Å². The van der Waals surface area contributed by atoms with Crippen LogP contribution < -0.4 is 16.0 Å². The molecule has 0 radical (unpaired) electrons. The third-order valence-corrected chi connectivity index (χ3v) is 5.01. The number of nitrogens with one attached hydrogen (secondary N) is 2. The normalized spacial score (nSPS) is 14.0. The van der Waals surface area contributed by atoms with Crippen LogP contribution in [0.4, 0.5) is 15.9 Å². The van der Waals surface area contributed by atoms with Crippen molar-refractivity contribution in [3.63, 3.8) is 0 Å². The van der Waals surface area contributed by atoms with Gasteiger partial charge in [-0.1, -0.05) is 12.1 Å². The molecule has 8 nitrogen and oxygen atoms in total. The van der Waals surface area contributed by atoms with Crippen LogP contribution in [0.1, 0.15) is 10.5 Å². The van der Waals surface area contributed by atoms with Crippen LogP contribution >= 0.6 is 0 Å². The zero-order chi connectivity index (χ0) is 20.7. The number of carbonyl (C=O) groups is 1. The Balaban J connectivity index is 1.46. The Bertz CT molecular complexity index is 1250. The van der Waals surface area contributed by atoms with Gasteiger partial charge in [-0.25, -0.2) is 9.37 Å². The van der Waals surface area contributed by atoms with Crippen molar-refractivity contribution in [2.45, 2.75) is 6.04 Å². The standard InChI is InChI=1S/C21H18FN7O/c22-13-2-1-3-15(7-13)25-21(30)20-16-6-12(4-5-17(16)27-28-20)18-8-24-9-19(26-18)29-10-14(23)11-29/h1-9,14H,10-11,23H2,(H,25,30)(H,27,28). The molecule has 1 aliphatic rings. The minimum absolute atomic E-state index is 0.164. The zero-order valence-corrected chi connectivity index (χ0v) is 15.8. The van der Waals surface area contributed by atoms with E-state index < -0.39 is 11.7 Å². The van der Waals surface area contributed by atoms with E-state index >= 15 is 0 Å². The number of anilines is 2. The summed E-state index contributed by atoms with van der Waals surface area (Å²) in [5.41, 5.74) is 8.64. The molecule has 0 bridgehead atoms. The van der Waals surface area contributed by atoms with E-state index in [-0.39, 0.29) is 11.7 Å². The molecule has 0 spiro atoms. The van der Waals surface area contributed by atoms with Gasteiger partial charge in [0.2, 0.25) is 0 Å². The van der Waals surface area contributed by atoms with Crippen molar-refractivity contribution in [3.8, 4) is 11.3 Å². The number of H-pyrrole nitrogens is 1. The minimum Gasteiger partial charge on any atom is -0.352 e. The van der Waals surface area contributed by atoms with Crippen molar-refractivity contribution < 1.29 is 9.18 Å². The number of rotatable bonds is 4. The third kappa shape index (κ3) is 3.35. The van der Waals surface area contributed by atoms with E-state index in [4.69, 9.17) is 5.73 Å². The predicted molar refractivity (Wildman–Crippen MR) is 112 cm³/mol. The lowest BCUT2D eigenvalue weighted by atomic mass is 10.1. The van der Waals surface area contributed by atoms with E-state index in [1.54, 1.807) is 18.5 Å². The summed E-state index contributed by atoms with van der Waals surface area (Å²) >= 11 is 0. The number of hydrogen-bond acceptors (Lipinski definition) is 6. The van der Waals surface area contributed by atoms with Gasteiger partial charge in [-0.3, -0.25) is 14.9 Å². The van der Waals surface area contributed by atoms with Crippen LogP contribution in [-0.2, 0) is 0 Å². The number of halogens is 1. The molecule has 1 aliphatic heterocycles. The fourth-order valence-corrected chi connectivity index (χ4v) is 3.45. The molecule has 0 saturated carbocycles. The lowest BCUT2D eigenvalue weighted by Gasteiger charge is -2.37. The number of hydrogen-bond donors (Lipinski definition) is 3. The summed E-state index contributed by atoms with van der Waals surface area (Å²) in [7, 11) is 0. The van der Waals surface area contributed by atoms with E-state index in [2.05, 4.69) is 30.4 Å². The van der Waals surface area contributed by atoms with Gasteiger partial charge in [0.25, 0.3) is 5.91 Å². The molecule has 9 heteroatoms. The maximum absolute atomic E-state index is 13.4. The quantitative estimate of drug-likeness (QED) is 0.483. The number of aromatic amines is 1. The highest BCUT2D eigenvalue weighted by Crippen LogP contribution is 2.26. The lowest BCUT2D eigenvalue weighted by molar-refractivity contribution is 0.102. The number of nitrogens with two attached hydrogens (primary N) is 1. The van der Waals surface area contributed by atoms with Gasteiger partial charge in [-0.2, -0.15) is 5.10 Å². The van der Waals surface area contributed by atoms with E-state index in [9.17, 15) is 9.18 Å². The van der Waals surface area contributed by atoms with Crippen molar-refractivity contribution in [1.82, 2.24) is 20.2 Å². The fourth-order valence-electron chi connectivity index (χ4n) is 3.45. The largest absolute Gasteiger partial charge is 0.352 e. The van der Waals surface area contributed by atoms with Crippen LogP contribution in [0.15, 0.2) is 54.9 Å². The van der Waals surface area contributed by atoms with Crippen molar-refractivity contribution in [1.29, 1.82) is 0 Å². The molecule has 1 amide bonds. The second-order valence-corrected chi connectivity index (χ2v) is 7.22. The number of carbonyl (C=O) groups excluding carboxylic acids is 1. The summed E-state index contributed by atoms with van der Waals surface area (Å²) in [5.74, 6) is -0.0902. The predicted octanol–water partition coefficient (Wildman–Crippen LogP) is 2.56. The van der Waals surface area contributed by atoms with Crippen LogP contribution in [0.5, 0.6) is 0 Å². The molecule has 2 aromatic carbocycles. The van der Waals surface area contributed by atoms with Crippen LogP contribution in [-0.4, -0.2) is 45.2 Å². The van der Waals surface area contributed by atoms with Crippen LogP contribution in [0.25, 0.3) is 22.2 Å². The monoisotopic (exact) mass is 403 g/mol. The van der Waals surface area contributed by atoms with Gasteiger partial charge in [0.05, 0.1) is 23.6 Å². The summed E-state index contributed by atoms with van der Waals surface area (Å²) in [6.07, 6.45) is 3.39. The third-order valence-electron chi connectivity index (χ3n) is 5.01. The van der Waals surface area contributed by atoms with E-state index in [0.29, 0.717) is 22.3 Å². The lowest BCUT2D eigenvalue weighted by Crippen LogP contribution is -2.56. The highest BCUT2D eigenvalue weighted by atomic mass is 19.1. The fraction of sp³-hybridized carbons (Fsp3) is 0.143. The molecule has 0 aliphatic carbocycles. The number of benzene rings is 2. The molecule has 1 saturated heterocycles. The first-order valence-corrected chi connectivity index (χ1v) is 9.45. The second kappa shape index (κ2) is 7.20. The topological polar surface area (TPSA) is 113 Å². The van der Waals surface area contributed by atoms with Gasteiger partial charge in [0, 0.05) is 35.8 Å². The highest BCUT2D eigenvalue weighted by Gasteiger charge is 2.24. The molecule has 4 N–H and O–H groups in total. The summed E-state index contributed by atoms with van der Waals surface area (Å²) in [6, 6.07) is 11.4. The Morgan fingerprint density at radius 2 is 2.07 bits per heavy atom. The van der Waals surface area contributed by atoms with Gasteiger partial charge >= 0.3 is 0 Å². The molecule has 2 aromatic heterocycles. The first kappa shape index (κ1) is 18.2. The first-order valence-electron chi connectivity index (χ1n) is 9.45. The smallest absolute Gasteiger partial charge is 0.276 e. The Labute approximate surface area is 170 Å². The zero-order valence-electron chi connectivity index (χ0n) is 15.8. The molecule has 1 fully saturated rings. The Morgan fingerprint density at radius 1 is 1.20 bits per heavy atom. The van der Waals surface area contributed by atoms with E-state index in [1.807, 2.05) is 18.2 Å². The Hall–Kier alpha value is -3.85. The van der Waals surface area contributed by atoms with Crippen LogP contribution in [0, 0.1) is 5.82 Å². The maximum atomic E-state index is 13.4. The van der Waals surface area contributed by atoms with Crippen molar-refractivity contribution in [3.05, 3.63) is 66.4 Å². The molecule has 3 heterocycles. The average molecular weight is 403 g/mol. The number of amides is 1. The number of fused-ring (bicyclic) bond motifs is 1. The molecule has 0 unspecified atom stereocenters.